The third kappa shape index (κ3) is 3.62. The van der Waals surface area contributed by atoms with E-state index in [1.165, 1.54) is 0 Å². The maximum atomic E-state index is 12.4. The Labute approximate surface area is 174 Å². The Balaban J connectivity index is 1.44. The number of carbonyl (C=O) groups is 1. The maximum Gasteiger partial charge on any atom is 0.251 e. The molecule has 1 aliphatic carbocycles. The van der Waals surface area contributed by atoms with Gasteiger partial charge < -0.3 is 15.2 Å². The van der Waals surface area contributed by atoms with E-state index in [4.69, 9.17) is 4.74 Å². The van der Waals surface area contributed by atoms with Crippen molar-refractivity contribution in [1.82, 2.24) is 20.1 Å². The molecule has 3 aromatic rings. The van der Waals surface area contributed by atoms with E-state index in [9.17, 15) is 9.90 Å². The smallest absolute Gasteiger partial charge is 0.251 e. The van der Waals surface area contributed by atoms with Crippen molar-refractivity contribution in [2.75, 3.05) is 13.2 Å². The molecule has 1 unspecified atom stereocenters. The van der Waals surface area contributed by atoms with Crippen LogP contribution in [-0.2, 0) is 10.3 Å². The van der Waals surface area contributed by atoms with Crippen LogP contribution in [0.1, 0.15) is 40.7 Å². The van der Waals surface area contributed by atoms with Crippen molar-refractivity contribution in [2.24, 2.45) is 0 Å². The highest BCUT2D eigenvalue weighted by atomic mass is 16.5. The van der Waals surface area contributed by atoms with Gasteiger partial charge in [-0.3, -0.25) is 9.78 Å². The normalized spacial score (nSPS) is 21.0. The molecule has 3 heterocycles. The van der Waals surface area contributed by atoms with Crippen LogP contribution < -0.4 is 5.32 Å². The van der Waals surface area contributed by atoms with Gasteiger partial charge in [-0.1, -0.05) is 6.07 Å². The highest BCUT2D eigenvalue weighted by molar-refractivity contribution is 5.96. The Morgan fingerprint density at radius 2 is 2.13 bits per heavy atom. The minimum absolute atomic E-state index is 0.0323. The lowest BCUT2D eigenvalue weighted by Crippen LogP contribution is -2.26. The average Bonchev–Trinajstić information content (AvgIpc) is 3.24. The van der Waals surface area contributed by atoms with Gasteiger partial charge in [0.1, 0.15) is 5.60 Å². The SMILES string of the molecule is Cc1ccc(C(=O)NC2CC2)cc1-c1cnn(-c2cncc(C3(O)CCOC3)c2)c1. The second-order valence-electron chi connectivity index (χ2n) is 8.22. The largest absolute Gasteiger partial charge is 0.383 e. The predicted molar refractivity (Wildman–Crippen MR) is 111 cm³/mol. The molecule has 1 saturated carbocycles. The van der Waals surface area contributed by atoms with Crippen molar-refractivity contribution in [3.8, 4) is 16.8 Å². The van der Waals surface area contributed by atoms with Crippen LogP contribution >= 0.6 is 0 Å². The van der Waals surface area contributed by atoms with Gasteiger partial charge in [-0.15, -0.1) is 0 Å². The molecule has 7 heteroatoms. The zero-order valence-corrected chi connectivity index (χ0v) is 16.8. The summed E-state index contributed by atoms with van der Waals surface area (Å²) in [6, 6.07) is 7.96. The third-order valence-electron chi connectivity index (χ3n) is 5.83. The number of ether oxygens (including phenoxy) is 1. The van der Waals surface area contributed by atoms with Crippen molar-refractivity contribution < 1.29 is 14.6 Å². The first-order valence-corrected chi connectivity index (χ1v) is 10.2. The van der Waals surface area contributed by atoms with Gasteiger partial charge in [0, 0.05) is 48.2 Å². The maximum absolute atomic E-state index is 12.4. The monoisotopic (exact) mass is 404 g/mol. The Morgan fingerprint density at radius 1 is 1.27 bits per heavy atom. The molecule has 1 atom stereocenters. The topological polar surface area (TPSA) is 89.3 Å². The van der Waals surface area contributed by atoms with Gasteiger partial charge in [0.25, 0.3) is 5.91 Å². The van der Waals surface area contributed by atoms with Gasteiger partial charge in [0.15, 0.2) is 0 Å². The summed E-state index contributed by atoms with van der Waals surface area (Å²) >= 11 is 0. The van der Waals surface area contributed by atoms with Crippen molar-refractivity contribution >= 4 is 5.91 Å². The van der Waals surface area contributed by atoms with Gasteiger partial charge in [-0.25, -0.2) is 4.68 Å². The van der Waals surface area contributed by atoms with Crippen molar-refractivity contribution in [3.63, 3.8) is 0 Å². The van der Waals surface area contributed by atoms with E-state index >= 15 is 0 Å². The van der Waals surface area contributed by atoms with Crippen LogP contribution in [-0.4, -0.2) is 45.0 Å². The van der Waals surface area contributed by atoms with Gasteiger partial charge >= 0.3 is 0 Å². The standard InChI is InChI=1S/C23H24N4O3/c1-15-2-3-16(22(28)26-19-4-5-19)8-21(15)17-10-25-27(13-17)20-9-18(11-24-12-20)23(29)6-7-30-14-23/h2-3,8-13,19,29H,4-7,14H2,1H3,(H,26,28). The lowest BCUT2D eigenvalue weighted by Gasteiger charge is -2.20. The summed E-state index contributed by atoms with van der Waals surface area (Å²) in [7, 11) is 0. The number of amides is 1. The Bertz CT molecular complexity index is 1100. The van der Waals surface area contributed by atoms with Crippen LogP contribution in [0.5, 0.6) is 0 Å². The number of nitrogens with zero attached hydrogens (tertiary/aromatic N) is 3. The molecule has 2 aliphatic rings. The molecule has 1 aromatic carbocycles. The van der Waals surface area contributed by atoms with E-state index in [1.807, 2.05) is 37.4 Å². The number of aryl methyl sites for hydroxylation is 1. The molecule has 1 amide bonds. The molecule has 0 spiro atoms. The minimum atomic E-state index is -1.00. The number of rotatable bonds is 5. The molecule has 7 nitrogen and oxygen atoms in total. The number of hydrogen-bond donors (Lipinski definition) is 2. The molecule has 0 bridgehead atoms. The molecule has 2 aromatic heterocycles. The summed E-state index contributed by atoms with van der Waals surface area (Å²) < 4.78 is 7.10. The average molecular weight is 404 g/mol. The highest BCUT2D eigenvalue weighted by Gasteiger charge is 2.34. The molecular formula is C23H24N4O3. The van der Waals surface area contributed by atoms with Crippen LogP contribution in [0.15, 0.2) is 49.1 Å². The summed E-state index contributed by atoms with van der Waals surface area (Å²) in [5.74, 6) is -0.0323. The first kappa shape index (κ1) is 19.0. The summed E-state index contributed by atoms with van der Waals surface area (Å²) in [4.78, 5) is 16.7. The summed E-state index contributed by atoms with van der Waals surface area (Å²) in [6.07, 6.45) is 9.76. The Hall–Kier alpha value is -3.03. The zero-order valence-electron chi connectivity index (χ0n) is 16.8. The lowest BCUT2D eigenvalue weighted by molar-refractivity contribution is 0.0229. The molecule has 30 heavy (non-hydrogen) atoms. The first-order chi connectivity index (χ1) is 14.5. The van der Waals surface area contributed by atoms with Gasteiger partial charge in [-0.05, 0) is 49.1 Å². The number of aromatic nitrogens is 3. The fourth-order valence-electron chi connectivity index (χ4n) is 3.76. The molecule has 2 N–H and O–H groups in total. The van der Waals surface area contributed by atoms with Crippen LogP contribution in [0, 0.1) is 6.92 Å². The number of pyridine rings is 1. The minimum Gasteiger partial charge on any atom is -0.383 e. The van der Waals surface area contributed by atoms with Crippen LogP contribution in [0.2, 0.25) is 0 Å². The van der Waals surface area contributed by atoms with Crippen molar-refractivity contribution in [3.05, 3.63) is 65.7 Å². The van der Waals surface area contributed by atoms with E-state index < -0.39 is 5.60 Å². The van der Waals surface area contributed by atoms with E-state index in [-0.39, 0.29) is 12.5 Å². The summed E-state index contributed by atoms with van der Waals surface area (Å²) in [6.45, 7) is 2.83. The second kappa shape index (κ2) is 7.34. The quantitative estimate of drug-likeness (QED) is 0.683. The van der Waals surface area contributed by atoms with Crippen molar-refractivity contribution in [1.29, 1.82) is 0 Å². The molecule has 1 saturated heterocycles. The number of carbonyl (C=O) groups excluding carboxylic acids is 1. The zero-order chi connectivity index (χ0) is 20.7. The number of benzene rings is 1. The molecule has 0 radical (unpaired) electrons. The van der Waals surface area contributed by atoms with E-state index in [0.717, 1.165) is 40.8 Å². The van der Waals surface area contributed by atoms with Crippen molar-refractivity contribution in [2.45, 2.75) is 37.8 Å². The third-order valence-corrected chi connectivity index (χ3v) is 5.83. The predicted octanol–water partition coefficient (Wildman–Crippen LogP) is 2.74. The molecule has 154 valence electrons. The Kier molecular flexibility index (Phi) is 4.64. The molecule has 2 fully saturated rings. The second-order valence-corrected chi connectivity index (χ2v) is 8.22. The fraction of sp³-hybridized carbons (Fsp3) is 0.348. The number of hydrogen-bond acceptors (Lipinski definition) is 5. The molecule has 5 rings (SSSR count). The van der Waals surface area contributed by atoms with E-state index in [2.05, 4.69) is 15.4 Å². The summed E-state index contributed by atoms with van der Waals surface area (Å²) in [5.41, 5.74) is 4.10. The number of nitrogens with one attached hydrogen (secondary N) is 1. The van der Waals surface area contributed by atoms with Crippen LogP contribution in [0.3, 0.4) is 0 Å². The fourth-order valence-corrected chi connectivity index (χ4v) is 3.76. The molecular weight excluding hydrogens is 380 g/mol. The van der Waals surface area contributed by atoms with Gasteiger partial charge in [0.05, 0.1) is 24.7 Å². The van der Waals surface area contributed by atoms with Gasteiger partial charge in [0.2, 0.25) is 0 Å². The van der Waals surface area contributed by atoms with Crippen LogP contribution in [0.4, 0.5) is 0 Å². The first-order valence-electron chi connectivity index (χ1n) is 10.2. The van der Waals surface area contributed by atoms with E-state index in [0.29, 0.717) is 24.6 Å². The van der Waals surface area contributed by atoms with Gasteiger partial charge in [-0.2, -0.15) is 5.10 Å². The lowest BCUT2D eigenvalue weighted by atomic mass is 9.94. The van der Waals surface area contributed by atoms with E-state index in [1.54, 1.807) is 23.3 Å². The summed E-state index contributed by atoms with van der Waals surface area (Å²) in [5, 5.41) is 18.3. The molecule has 1 aliphatic heterocycles. The highest BCUT2D eigenvalue weighted by Crippen LogP contribution is 2.31. The number of aliphatic hydroxyl groups is 1. The van der Waals surface area contributed by atoms with Crippen LogP contribution in [0.25, 0.3) is 16.8 Å². The Morgan fingerprint density at radius 3 is 2.90 bits per heavy atom.